The lowest BCUT2D eigenvalue weighted by atomic mass is 9.98. The zero-order chi connectivity index (χ0) is 16.4. The van der Waals surface area contributed by atoms with Crippen LogP contribution < -0.4 is 5.32 Å². The highest BCUT2D eigenvalue weighted by molar-refractivity contribution is 8.00. The van der Waals surface area contributed by atoms with Gasteiger partial charge in [-0.1, -0.05) is 19.8 Å². The monoisotopic (exact) mass is 339 g/mol. The maximum Gasteiger partial charge on any atom is 0.325 e. The highest BCUT2D eigenvalue weighted by atomic mass is 32.2. The van der Waals surface area contributed by atoms with Crippen LogP contribution in [-0.4, -0.2) is 63.8 Å². The van der Waals surface area contributed by atoms with E-state index in [0.717, 1.165) is 50.9 Å². The predicted octanol–water partition coefficient (Wildman–Crippen LogP) is 1.60. The molecule has 1 saturated carbocycles. The minimum Gasteiger partial charge on any atom is -0.341 e. The molecule has 0 aromatic carbocycles. The number of nitrogens with zero attached hydrogens (tertiary/aromatic N) is 2. The molecule has 1 aliphatic carbocycles. The molecule has 0 aromatic heterocycles. The molecule has 3 rings (SSSR count). The van der Waals surface area contributed by atoms with Crippen LogP contribution in [0.25, 0.3) is 0 Å². The van der Waals surface area contributed by atoms with Crippen LogP contribution in [0, 0.1) is 0 Å². The molecule has 2 aliphatic heterocycles. The molecule has 0 unspecified atom stereocenters. The fourth-order valence-corrected chi connectivity index (χ4v) is 4.94. The lowest BCUT2D eigenvalue weighted by Crippen LogP contribution is -2.45. The summed E-state index contributed by atoms with van der Waals surface area (Å²) in [5.41, 5.74) is -0.671. The molecular formula is C16H25N3O3S. The summed E-state index contributed by atoms with van der Waals surface area (Å²) < 4.78 is 0. The van der Waals surface area contributed by atoms with Gasteiger partial charge < -0.3 is 10.2 Å². The van der Waals surface area contributed by atoms with Crippen molar-refractivity contribution in [3.8, 4) is 0 Å². The fraction of sp³-hybridized carbons (Fsp3) is 0.812. The maximum atomic E-state index is 12.5. The van der Waals surface area contributed by atoms with E-state index in [-0.39, 0.29) is 30.8 Å². The number of rotatable bonds is 4. The first-order valence-corrected chi connectivity index (χ1v) is 9.64. The fourth-order valence-electron chi connectivity index (χ4n) is 3.76. The number of imide groups is 1. The molecule has 0 aromatic rings. The first kappa shape index (κ1) is 16.6. The quantitative estimate of drug-likeness (QED) is 0.790. The van der Waals surface area contributed by atoms with Gasteiger partial charge in [-0.15, -0.1) is 0 Å². The number of hydrogen-bond donors (Lipinski definition) is 1. The van der Waals surface area contributed by atoms with Gasteiger partial charge in [-0.3, -0.25) is 14.5 Å². The van der Waals surface area contributed by atoms with Gasteiger partial charge in [0.15, 0.2) is 0 Å². The number of carbonyl (C=O) groups excluding carboxylic acids is 3. The van der Waals surface area contributed by atoms with E-state index < -0.39 is 5.54 Å². The normalized spacial score (nSPS) is 26.9. The Morgan fingerprint density at radius 2 is 2.09 bits per heavy atom. The number of nitrogens with one attached hydrogen (secondary N) is 1. The van der Waals surface area contributed by atoms with E-state index in [1.54, 1.807) is 0 Å². The molecule has 2 heterocycles. The Balaban J connectivity index is 1.54. The Hall–Kier alpha value is -1.24. The molecule has 0 bridgehead atoms. The van der Waals surface area contributed by atoms with Crippen molar-refractivity contribution in [3.05, 3.63) is 0 Å². The van der Waals surface area contributed by atoms with E-state index in [1.165, 1.54) is 4.90 Å². The van der Waals surface area contributed by atoms with Crippen molar-refractivity contribution in [3.63, 3.8) is 0 Å². The molecule has 1 spiro atoms. The molecule has 2 saturated heterocycles. The second kappa shape index (κ2) is 6.71. The summed E-state index contributed by atoms with van der Waals surface area (Å²) in [5, 5.41) is 3.36. The number of thioether (sulfide) groups is 1. The van der Waals surface area contributed by atoms with E-state index in [2.05, 4.69) is 12.2 Å². The van der Waals surface area contributed by atoms with Crippen molar-refractivity contribution >= 4 is 29.6 Å². The average Bonchev–Trinajstić information content (AvgIpc) is 3.12. The van der Waals surface area contributed by atoms with Gasteiger partial charge in [0, 0.05) is 37.1 Å². The minimum atomic E-state index is -0.671. The highest BCUT2D eigenvalue weighted by Crippen LogP contribution is 2.35. The lowest BCUT2D eigenvalue weighted by molar-refractivity contribution is -0.133. The van der Waals surface area contributed by atoms with Crippen LogP contribution in [0.5, 0.6) is 0 Å². The van der Waals surface area contributed by atoms with Gasteiger partial charge in [-0.2, -0.15) is 11.8 Å². The van der Waals surface area contributed by atoms with Gasteiger partial charge in [0.25, 0.3) is 5.91 Å². The first-order chi connectivity index (χ1) is 11.1. The van der Waals surface area contributed by atoms with E-state index in [1.807, 2.05) is 16.7 Å². The van der Waals surface area contributed by atoms with E-state index >= 15 is 0 Å². The number of urea groups is 1. The van der Waals surface area contributed by atoms with E-state index in [0.29, 0.717) is 5.25 Å². The summed E-state index contributed by atoms with van der Waals surface area (Å²) in [6.07, 6.45) is 4.69. The number of hydrogen-bond acceptors (Lipinski definition) is 4. The molecule has 128 valence electrons. The maximum absolute atomic E-state index is 12.5. The third-order valence-electron chi connectivity index (χ3n) is 5.20. The third-order valence-corrected chi connectivity index (χ3v) is 6.57. The molecular weight excluding hydrogens is 314 g/mol. The van der Waals surface area contributed by atoms with Crippen LogP contribution >= 0.6 is 11.8 Å². The lowest BCUT2D eigenvalue weighted by Gasteiger charge is -2.32. The Labute approximate surface area is 141 Å². The SMILES string of the molecule is CC[C@H]1CN(C(=O)CCN2C(=O)NC3(CCCC3)C2=O)CCS1. The molecule has 3 fully saturated rings. The minimum absolute atomic E-state index is 0.0525. The van der Waals surface area contributed by atoms with E-state index in [9.17, 15) is 14.4 Å². The topological polar surface area (TPSA) is 69.7 Å². The van der Waals surface area contributed by atoms with Crippen LogP contribution in [-0.2, 0) is 9.59 Å². The van der Waals surface area contributed by atoms with Crippen LogP contribution in [0.1, 0.15) is 45.4 Å². The summed E-state index contributed by atoms with van der Waals surface area (Å²) >= 11 is 1.92. The Bertz CT molecular complexity index is 505. The molecule has 3 aliphatic rings. The number of carbonyl (C=O) groups is 3. The van der Waals surface area contributed by atoms with Crippen molar-refractivity contribution < 1.29 is 14.4 Å². The van der Waals surface area contributed by atoms with Gasteiger partial charge in [0.05, 0.1) is 0 Å². The second-order valence-electron chi connectivity index (χ2n) is 6.67. The second-order valence-corrected chi connectivity index (χ2v) is 8.08. The molecule has 1 N–H and O–H groups in total. The Morgan fingerprint density at radius 1 is 1.35 bits per heavy atom. The summed E-state index contributed by atoms with van der Waals surface area (Å²) in [6, 6.07) is -0.328. The van der Waals surface area contributed by atoms with Crippen molar-refractivity contribution in [2.45, 2.75) is 56.2 Å². The zero-order valence-electron chi connectivity index (χ0n) is 13.7. The van der Waals surface area contributed by atoms with Crippen LogP contribution in [0.3, 0.4) is 0 Å². The molecule has 1 atom stereocenters. The van der Waals surface area contributed by atoms with Crippen molar-refractivity contribution in [2.75, 3.05) is 25.4 Å². The summed E-state index contributed by atoms with van der Waals surface area (Å²) in [5.74, 6) is 0.890. The van der Waals surface area contributed by atoms with Gasteiger partial charge in [0.1, 0.15) is 5.54 Å². The van der Waals surface area contributed by atoms with Gasteiger partial charge in [-0.25, -0.2) is 4.79 Å². The van der Waals surface area contributed by atoms with Gasteiger partial charge >= 0.3 is 6.03 Å². The summed E-state index contributed by atoms with van der Waals surface area (Å²) in [6.45, 7) is 3.89. The van der Waals surface area contributed by atoms with Gasteiger partial charge in [0.2, 0.25) is 5.91 Å². The summed E-state index contributed by atoms with van der Waals surface area (Å²) in [7, 11) is 0. The van der Waals surface area contributed by atoms with Crippen molar-refractivity contribution in [1.29, 1.82) is 0 Å². The Morgan fingerprint density at radius 3 is 2.78 bits per heavy atom. The Kier molecular flexibility index (Phi) is 4.85. The third kappa shape index (κ3) is 3.20. The van der Waals surface area contributed by atoms with Gasteiger partial charge in [-0.05, 0) is 19.3 Å². The smallest absolute Gasteiger partial charge is 0.325 e. The average molecular weight is 339 g/mol. The largest absolute Gasteiger partial charge is 0.341 e. The molecule has 6 nitrogen and oxygen atoms in total. The van der Waals surface area contributed by atoms with E-state index in [4.69, 9.17) is 0 Å². The summed E-state index contributed by atoms with van der Waals surface area (Å²) in [4.78, 5) is 40.2. The predicted molar refractivity (Wildman–Crippen MR) is 89.2 cm³/mol. The van der Waals surface area contributed by atoms with Crippen LogP contribution in [0.15, 0.2) is 0 Å². The highest BCUT2D eigenvalue weighted by Gasteiger charge is 2.52. The standard InChI is InChI=1S/C16H25N3O3S/c1-2-12-11-18(9-10-23-12)13(20)5-8-19-14(21)16(17-15(19)22)6-3-4-7-16/h12H,2-11H2,1H3,(H,17,22)/t12-/m0/s1. The molecule has 7 heteroatoms. The van der Waals surface area contributed by atoms with Crippen LogP contribution in [0.2, 0.25) is 0 Å². The molecule has 4 amide bonds. The molecule has 23 heavy (non-hydrogen) atoms. The zero-order valence-corrected chi connectivity index (χ0v) is 14.5. The van der Waals surface area contributed by atoms with Crippen molar-refractivity contribution in [1.82, 2.24) is 15.1 Å². The van der Waals surface area contributed by atoms with Crippen molar-refractivity contribution in [2.24, 2.45) is 0 Å². The number of amides is 4. The molecule has 0 radical (unpaired) electrons. The first-order valence-electron chi connectivity index (χ1n) is 8.59. The van der Waals surface area contributed by atoms with Crippen LogP contribution in [0.4, 0.5) is 4.79 Å².